The molecule has 0 saturated carbocycles. The van der Waals surface area contributed by atoms with Crippen LogP contribution in [0.4, 0.5) is 10.2 Å². The first-order valence-corrected chi connectivity index (χ1v) is 11.7. The normalized spacial score (nSPS) is 15.2. The Balaban J connectivity index is 1.26. The zero-order valence-electron chi connectivity index (χ0n) is 17.9. The zero-order chi connectivity index (χ0) is 23.1. The monoisotopic (exact) mass is 470 g/mol. The highest BCUT2D eigenvalue weighted by Crippen LogP contribution is 2.39. The van der Waals surface area contributed by atoms with Crippen molar-refractivity contribution in [2.75, 3.05) is 5.32 Å². The van der Waals surface area contributed by atoms with E-state index in [0.29, 0.717) is 23.1 Å². The number of fused-ring (bicyclic) bond motifs is 2. The first kappa shape index (κ1) is 20.6. The molecule has 3 heterocycles. The van der Waals surface area contributed by atoms with Crippen LogP contribution < -0.4 is 10.1 Å². The van der Waals surface area contributed by atoms with E-state index in [9.17, 15) is 9.18 Å². The number of carbonyl (C=O) groups excluding carboxylic acids is 1. The van der Waals surface area contributed by atoms with Gasteiger partial charge in [0.05, 0.1) is 16.4 Å². The molecule has 6 rings (SSSR count). The van der Waals surface area contributed by atoms with Gasteiger partial charge in [0.1, 0.15) is 24.0 Å². The molecular weight excluding hydrogens is 451 g/mol. The van der Waals surface area contributed by atoms with E-state index in [1.807, 2.05) is 54.6 Å². The number of benzene rings is 3. The zero-order valence-corrected chi connectivity index (χ0v) is 18.8. The third-order valence-electron chi connectivity index (χ3n) is 5.86. The summed E-state index contributed by atoms with van der Waals surface area (Å²) in [6, 6.07) is 21.9. The number of para-hydroxylation sites is 1. The average Bonchev–Trinajstić information content (AvgIpc) is 3.46. The van der Waals surface area contributed by atoms with Crippen molar-refractivity contribution in [1.29, 1.82) is 0 Å². The number of rotatable bonds is 5. The van der Waals surface area contributed by atoms with Crippen LogP contribution in [-0.4, -0.2) is 20.7 Å². The molecule has 1 atom stereocenters. The number of halogens is 1. The average molecular weight is 471 g/mol. The minimum absolute atomic E-state index is 0.0632. The van der Waals surface area contributed by atoms with Gasteiger partial charge >= 0.3 is 0 Å². The van der Waals surface area contributed by atoms with E-state index in [2.05, 4.69) is 15.4 Å². The van der Waals surface area contributed by atoms with Crippen LogP contribution >= 0.6 is 11.3 Å². The molecule has 0 aliphatic carbocycles. The van der Waals surface area contributed by atoms with E-state index < -0.39 is 0 Å². The highest BCUT2D eigenvalue weighted by Gasteiger charge is 2.31. The lowest BCUT2D eigenvalue weighted by Crippen LogP contribution is -2.24. The molecule has 1 N–H and O–H groups in total. The highest BCUT2D eigenvalue weighted by molar-refractivity contribution is 7.20. The fraction of sp³-hybridized carbons (Fsp3) is 0.115. The number of thiazole rings is 1. The number of nitrogens with zero attached hydrogens (tertiary/aromatic N) is 3. The van der Waals surface area contributed by atoms with E-state index >= 15 is 0 Å². The maximum Gasteiger partial charge on any atom is 0.226 e. The molecule has 0 radical (unpaired) electrons. The van der Waals surface area contributed by atoms with Gasteiger partial charge in [0.25, 0.3) is 0 Å². The predicted molar refractivity (Wildman–Crippen MR) is 129 cm³/mol. The number of hydrogen-bond acceptors (Lipinski definition) is 5. The van der Waals surface area contributed by atoms with Gasteiger partial charge in [-0.15, -0.1) is 0 Å². The smallest absolute Gasteiger partial charge is 0.226 e. The summed E-state index contributed by atoms with van der Waals surface area (Å²) in [5.41, 5.74) is 3.62. The SMILES string of the molecule is O=C1C[C@@H](c2ccc(OCc3cccc(F)c3)cc2)c2cnn(-c3nc4ccccc4s3)c2N1. The van der Waals surface area contributed by atoms with E-state index in [4.69, 9.17) is 4.74 Å². The van der Waals surface area contributed by atoms with Gasteiger partial charge in [0.2, 0.25) is 11.0 Å². The first-order valence-electron chi connectivity index (χ1n) is 10.8. The van der Waals surface area contributed by atoms with Gasteiger partial charge < -0.3 is 10.1 Å². The predicted octanol–water partition coefficient (Wildman–Crippen LogP) is 5.67. The lowest BCUT2D eigenvalue weighted by molar-refractivity contribution is -0.116. The number of hydrogen-bond donors (Lipinski definition) is 1. The molecule has 2 aromatic heterocycles. The van der Waals surface area contributed by atoms with E-state index in [0.717, 1.165) is 26.9 Å². The Kier molecular flexibility index (Phi) is 5.07. The molecule has 5 aromatic rings. The molecule has 168 valence electrons. The Hall–Kier alpha value is -4.04. The van der Waals surface area contributed by atoms with Gasteiger partial charge in [-0.2, -0.15) is 9.78 Å². The van der Waals surface area contributed by atoms with Gasteiger partial charge in [-0.25, -0.2) is 9.37 Å². The second-order valence-electron chi connectivity index (χ2n) is 8.12. The summed E-state index contributed by atoms with van der Waals surface area (Å²) in [4.78, 5) is 17.3. The molecule has 8 heteroatoms. The van der Waals surface area contributed by atoms with Crippen molar-refractivity contribution in [3.63, 3.8) is 0 Å². The maximum absolute atomic E-state index is 13.4. The van der Waals surface area contributed by atoms with Gasteiger partial charge in [0.15, 0.2) is 0 Å². The molecule has 1 aliphatic heterocycles. The van der Waals surface area contributed by atoms with Crippen molar-refractivity contribution < 1.29 is 13.9 Å². The Morgan fingerprint density at radius 2 is 1.94 bits per heavy atom. The van der Waals surface area contributed by atoms with Crippen LogP contribution in [0.25, 0.3) is 15.3 Å². The summed E-state index contributed by atoms with van der Waals surface area (Å²) in [7, 11) is 0. The van der Waals surface area contributed by atoms with Crippen LogP contribution in [0.1, 0.15) is 29.0 Å². The molecule has 3 aromatic carbocycles. The summed E-state index contributed by atoms with van der Waals surface area (Å²) in [6.07, 6.45) is 2.14. The Labute approximate surface area is 198 Å². The molecule has 0 fully saturated rings. The molecule has 0 saturated heterocycles. The van der Waals surface area contributed by atoms with Crippen molar-refractivity contribution in [3.8, 4) is 10.9 Å². The largest absolute Gasteiger partial charge is 0.489 e. The number of ether oxygens (including phenoxy) is 1. The van der Waals surface area contributed by atoms with Crippen LogP contribution in [0.2, 0.25) is 0 Å². The Morgan fingerprint density at radius 1 is 1.09 bits per heavy atom. The molecule has 34 heavy (non-hydrogen) atoms. The topological polar surface area (TPSA) is 69.0 Å². The minimum Gasteiger partial charge on any atom is -0.489 e. The summed E-state index contributed by atoms with van der Waals surface area (Å²) >= 11 is 1.53. The third kappa shape index (κ3) is 3.82. The quantitative estimate of drug-likeness (QED) is 0.359. The van der Waals surface area contributed by atoms with E-state index in [-0.39, 0.29) is 24.2 Å². The minimum atomic E-state index is -0.283. The number of anilines is 1. The molecule has 6 nitrogen and oxygen atoms in total. The van der Waals surface area contributed by atoms with Crippen LogP contribution in [-0.2, 0) is 11.4 Å². The van der Waals surface area contributed by atoms with Crippen molar-refractivity contribution in [1.82, 2.24) is 14.8 Å². The summed E-state index contributed by atoms with van der Waals surface area (Å²) in [6.45, 7) is 0.280. The van der Waals surface area contributed by atoms with Gasteiger partial charge in [-0.3, -0.25) is 4.79 Å². The third-order valence-corrected chi connectivity index (χ3v) is 6.87. The molecule has 0 spiro atoms. The number of amides is 1. The number of carbonyl (C=O) groups is 1. The summed E-state index contributed by atoms with van der Waals surface area (Å²) < 4.78 is 21.9. The van der Waals surface area contributed by atoms with E-state index in [1.54, 1.807) is 16.9 Å². The van der Waals surface area contributed by atoms with Crippen LogP contribution in [0.5, 0.6) is 5.75 Å². The number of nitrogens with one attached hydrogen (secondary N) is 1. The standard InChI is InChI=1S/C26H19FN4O2S/c27-18-5-3-4-16(12-18)15-33-19-10-8-17(9-11-19)20-13-24(32)30-25-21(20)14-28-31(25)26-29-22-6-1-2-7-23(22)34-26/h1-12,14,20H,13,15H2,(H,30,32)/t20-/m0/s1. The highest BCUT2D eigenvalue weighted by atomic mass is 32.1. The van der Waals surface area contributed by atoms with Crippen molar-refractivity contribution in [2.24, 2.45) is 0 Å². The molecule has 1 aliphatic rings. The van der Waals surface area contributed by atoms with Gasteiger partial charge in [-0.1, -0.05) is 47.7 Å². The van der Waals surface area contributed by atoms with Crippen LogP contribution in [0.15, 0.2) is 79.0 Å². The molecular formula is C26H19FN4O2S. The van der Waals surface area contributed by atoms with Crippen molar-refractivity contribution >= 4 is 33.3 Å². The Bertz CT molecular complexity index is 1480. The fourth-order valence-corrected chi connectivity index (χ4v) is 5.13. The lowest BCUT2D eigenvalue weighted by atomic mass is 9.87. The fourth-order valence-electron chi connectivity index (χ4n) is 4.20. The van der Waals surface area contributed by atoms with Crippen LogP contribution in [0, 0.1) is 5.82 Å². The summed E-state index contributed by atoms with van der Waals surface area (Å²) in [5, 5.41) is 8.25. The van der Waals surface area contributed by atoms with Crippen molar-refractivity contribution in [3.05, 3.63) is 102 Å². The van der Waals surface area contributed by atoms with Gasteiger partial charge in [0, 0.05) is 17.9 Å². The Morgan fingerprint density at radius 3 is 2.76 bits per heavy atom. The number of aromatic nitrogens is 3. The molecule has 0 unspecified atom stereocenters. The van der Waals surface area contributed by atoms with Crippen molar-refractivity contribution in [2.45, 2.75) is 18.9 Å². The van der Waals surface area contributed by atoms with Gasteiger partial charge in [-0.05, 0) is 47.5 Å². The molecule has 0 bridgehead atoms. The second-order valence-corrected chi connectivity index (χ2v) is 9.13. The second kappa shape index (κ2) is 8.39. The summed E-state index contributed by atoms with van der Waals surface area (Å²) in [5.74, 6) is 0.871. The van der Waals surface area contributed by atoms with Crippen LogP contribution in [0.3, 0.4) is 0 Å². The lowest BCUT2D eigenvalue weighted by Gasteiger charge is -2.23. The molecule has 1 amide bonds. The first-order chi connectivity index (χ1) is 16.6. The van der Waals surface area contributed by atoms with E-state index in [1.165, 1.54) is 23.5 Å². The maximum atomic E-state index is 13.4.